The Morgan fingerprint density at radius 3 is 1.83 bits per heavy atom. The Bertz CT molecular complexity index is 3040. The highest BCUT2D eigenvalue weighted by atomic mass is 16.7. The van der Waals surface area contributed by atoms with Crippen molar-refractivity contribution >= 4 is 47.4 Å². The summed E-state index contributed by atoms with van der Waals surface area (Å²) >= 11 is 0. The van der Waals surface area contributed by atoms with Gasteiger partial charge >= 0.3 is 0 Å². The summed E-state index contributed by atoms with van der Waals surface area (Å²) in [4.78, 5) is 94.8. The summed E-state index contributed by atoms with van der Waals surface area (Å²) in [6.45, 7) is -1.64. The van der Waals surface area contributed by atoms with Crippen molar-refractivity contribution in [2.24, 2.45) is 10.7 Å². The highest BCUT2D eigenvalue weighted by Gasteiger charge is 2.55. The molecule has 0 aliphatic carbocycles. The molecule has 5 fully saturated rings. The van der Waals surface area contributed by atoms with Gasteiger partial charge in [0.15, 0.2) is 24.4 Å². The number of guanidine groups is 2. The smallest absolute Gasteiger partial charge is 0.246 e. The molecule has 24 N–H and O–H groups in total. The SMILES string of the molecule is CCCCCCCN1CC(C(O)C2NC(=O)C(C(O)C3CN=C(N)N3)NC(=O)C(Cc3ccc(OC4OC(CO)C(OC5OC(CO)C(O)C(O)C5O)C(O)C4O)cc3)NC(=O)C(C(C)c3ccccc3)NC(=O)CNC(=O)C(CO)NC2=O)N(C2OC(CO)C(O)C(O)C2O)C1=N. The molecule has 0 spiro atoms. The quantitative estimate of drug-likeness (QED) is 0.0459. The number of benzene rings is 2. The van der Waals surface area contributed by atoms with Gasteiger partial charge in [-0.3, -0.25) is 39.2 Å². The molecule has 0 aromatic heterocycles. The predicted molar refractivity (Wildman–Crippen MR) is 335 cm³/mol. The molecule has 0 radical (unpaired) electrons. The van der Waals surface area contributed by atoms with Gasteiger partial charge in [-0.05, 0) is 29.7 Å². The van der Waals surface area contributed by atoms with Crippen LogP contribution in [0, 0.1) is 5.41 Å². The van der Waals surface area contributed by atoms with Gasteiger partial charge in [-0.2, -0.15) is 0 Å². The van der Waals surface area contributed by atoms with Gasteiger partial charge in [0, 0.05) is 25.4 Å². The highest BCUT2D eigenvalue weighted by molar-refractivity contribution is 5.98. The van der Waals surface area contributed by atoms with Crippen LogP contribution in [0.5, 0.6) is 5.75 Å². The molecular formula is C61H92N12O25. The second-order valence-electron chi connectivity index (χ2n) is 25.0. The maximum atomic E-state index is 15.3. The molecule has 37 heteroatoms. The number of aliphatic hydroxyl groups excluding tert-OH is 14. The normalized spacial score (nSPS) is 35.8. The third-order valence-corrected chi connectivity index (χ3v) is 18.3. The van der Waals surface area contributed by atoms with E-state index in [4.69, 9.17) is 29.4 Å². The van der Waals surface area contributed by atoms with Gasteiger partial charge in [0.2, 0.25) is 41.7 Å². The van der Waals surface area contributed by atoms with Gasteiger partial charge in [0.05, 0.1) is 51.6 Å². The summed E-state index contributed by atoms with van der Waals surface area (Å²) < 4.78 is 28.6. The number of nitrogens with two attached hydrogens (primary N) is 1. The molecule has 6 heterocycles. The average molecular weight is 1390 g/mol. The number of rotatable bonds is 23. The number of hydrogen-bond donors (Lipinski definition) is 23. The Labute approximate surface area is 561 Å². The van der Waals surface area contributed by atoms with Crippen LogP contribution in [0.2, 0.25) is 0 Å². The first kappa shape index (κ1) is 76.6. The van der Waals surface area contributed by atoms with Crippen molar-refractivity contribution in [3.8, 4) is 5.75 Å². The topological polar surface area (TPSA) is 585 Å². The largest absolute Gasteiger partial charge is 0.462 e. The van der Waals surface area contributed by atoms with Crippen LogP contribution in [0.25, 0.3) is 0 Å². The fraction of sp³-hybridized carbons (Fsp3) is 0.672. The maximum absolute atomic E-state index is 15.3. The van der Waals surface area contributed by atoms with Gasteiger partial charge in [-0.1, -0.05) is 82.0 Å². The van der Waals surface area contributed by atoms with Crippen LogP contribution < -0.4 is 47.7 Å². The van der Waals surface area contributed by atoms with Crippen LogP contribution in [0.15, 0.2) is 59.6 Å². The van der Waals surface area contributed by atoms with Crippen molar-refractivity contribution < 1.29 is 124 Å². The summed E-state index contributed by atoms with van der Waals surface area (Å²) in [5.41, 5.74) is 6.67. The van der Waals surface area contributed by atoms with E-state index in [1.807, 2.05) is 6.92 Å². The van der Waals surface area contributed by atoms with E-state index in [-0.39, 0.29) is 36.9 Å². The van der Waals surface area contributed by atoms with Crippen molar-refractivity contribution in [1.29, 1.82) is 5.41 Å². The van der Waals surface area contributed by atoms with Crippen LogP contribution in [0.4, 0.5) is 0 Å². The Kier molecular flexibility index (Phi) is 27.2. The molecule has 98 heavy (non-hydrogen) atoms. The minimum atomic E-state index is -2.36. The number of nitrogens with one attached hydrogen (secondary N) is 8. The van der Waals surface area contributed by atoms with E-state index in [0.717, 1.165) is 24.2 Å². The number of amides is 6. The number of ether oxygens (including phenoxy) is 5. The molecule has 2 aromatic carbocycles. The Morgan fingerprint density at radius 2 is 1.19 bits per heavy atom. The zero-order valence-corrected chi connectivity index (χ0v) is 53.7. The van der Waals surface area contributed by atoms with Gasteiger partial charge in [0.1, 0.15) is 121 Å². The number of hydrogen-bond acceptors (Lipinski definition) is 29. The number of aliphatic hydroxyl groups is 14. The molecule has 6 aliphatic heterocycles. The lowest BCUT2D eigenvalue weighted by molar-refractivity contribution is -0.352. The third kappa shape index (κ3) is 17.9. The summed E-state index contributed by atoms with van der Waals surface area (Å²) in [5, 5.41) is 179. The molecule has 25 atom stereocenters. The van der Waals surface area contributed by atoms with Crippen molar-refractivity contribution in [3.05, 3.63) is 65.7 Å². The van der Waals surface area contributed by atoms with Crippen LogP contribution >= 0.6 is 0 Å². The Hall–Kier alpha value is -7.12. The minimum Gasteiger partial charge on any atom is -0.462 e. The molecule has 546 valence electrons. The minimum absolute atomic E-state index is 0.0721. The first-order valence-corrected chi connectivity index (χ1v) is 32.4. The fourth-order valence-electron chi connectivity index (χ4n) is 12.5. The average Bonchev–Trinajstić information content (AvgIpc) is 1.51. The van der Waals surface area contributed by atoms with E-state index in [2.05, 4.69) is 42.2 Å². The summed E-state index contributed by atoms with van der Waals surface area (Å²) in [5.74, 6) is -8.91. The molecule has 25 unspecified atom stereocenters. The van der Waals surface area contributed by atoms with Crippen LogP contribution in [-0.4, -0.2) is 328 Å². The summed E-state index contributed by atoms with van der Waals surface area (Å²) in [6, 6.07) is 0.854. The predicted octanol–water partition coefficient (Wildman–Crippen LogP) is -10.7. The fourth-order valence-corrected chi connectivity index (χ4v) is 12.5. The monoisotopic (exact) mass is 1390 g/mol. The molecule has 6 amide bonds. The van der Waals surface area contributed by atoms with Gasteiger partial charge in [-0.15, -0.1) is 0 Å². The third-order valence-electron chi connectivity index (χ3n) is 18.3. The number of carbonyl (C=O) groups excluding carboxylic acids is 6. The van der Waals surface area contributed by atoms with Crippen molar-refractivity contribution in [2.45, 2.75) is 205 Å². The van der Waals surface area contributed by atoms with Crippen LogP contribution in [0.3, 0.4) is 0 Å². The number of aliphatic imine (C=N–C) groups is 1. The lowest BCUT2D eigenvalue weighted by atomic mass is 9.92. The van der Waals surface area contributed by atoms with E-state index in [1.165, 1.54) is 29.2 Å². The summed E-state index contributed by atoms with van der Waals surface area (Å²) in [7, 11) is 0. The van der Waals surface area contributed by atoms with Crippen molar-refractivity contribution in [3.63, 3.8) is 0 Å². The molecular weight excluding hydrogens is 1300 g/mol. The van der Waals surface area contributed by atoms with Gasteiger partial charge in [-0.25, -0.2) is 0 Å². The number of unbranched alkanes of at least 4 members (excludes halogenated alkanes) is 4. The lowest BCUT2D eigenvalue weighted by Gasteiger charge is -2.46. The van der Waals surface area contributed by atoms with E-state index >= 15 is 9.59 Å². The highest BCUT2D eigenvalue weighted by Crippen LogP contribution is 2.34. The van der Waals surface area contributed by atoms with Crippen LogP contribution in [-0.2, 0) is 54.1 Å². The van der Waals surface area contributed by atoms with Crippen molar-refractivity contribution in [1.82, 2.24) is 47.0 Å². The molecule has 0 saturated carbocycles. The van der Waals surface area contributed by atoms with E-state index < -0.39 is 233 Å². The zero-order chi connectivity index (χ0) is 71.4. The number of carbonyl (C=O) groups is 6. The second kappa shape index (κ2) is 34.8. The number of nitrogens with zero attached hydrogens (tertiary/aromatic N) is 3. The maximum Gasteiger partial charge on any atom is 0.246 e. The standard InChI is InChI=1S/C61H92N12O25/c1-3-4-5-6-10-17-72-21-33(73(61(72)63)57-48(86)45(83)43(81)34(23-75)95-57)42(80)40-55(92)67-32(22-74)52(89)64-20-37(78)69-38(26(2)28-11-8-7-9-12-28)54(91)66-30(53(90)70-39(56(93)71-40)41(79)31-19-65-60(62)68-31)18-27-13-15-29(16-14-27)94-58-50(88)47(85)51(36(25-77)97-58)98-59-49(87)46(84)44(82)35(24-76)96-59/h7-9,11-16,26,30-36,38-51,57-59,63,74-77,79-88H,3-6,10,17-25H2,1-2H3,(H,64,89)(H,66,91)(H,67,92)(H,69,78)(H,70,90)(H,71,93)(H3,62,65,68). The van der Waals surface area contributed by atoms with E-state index in [9.17, 15) is 96.1 Å². The van der Waals surface area contributed by atoms with E-state index in [1.54, 1.807) is 37.3 Å². The molecule has 5 saturated heterocycles. The van der Waals surface area contributed by atoms with Crippen LogP contribution in [0.1, 0.15) is 63.0 Å². The Balaban J connectivity index is 1.13. The first-order chi connectivity index (χ1) is 46.7. The molecule has 0 bridgehead atoms. The first-order valence-electron chi connectivity index (χ1n) is 32.4. The second-order valence-corrected chi connectivity index (χ2v) is 25.0. The van der Waals surface area contributed by atoms with Crippen molar-refractivity contribution in [2.75, 3.05) is 52.6 Å². The molecule has 37 nitrogen and oxygen atoms in total. The lowest BCUT2D eigenvalue weighted by Crippen LogP contribution is -2.69. The van der Waals surface area contributed by atoms with Gasteiger partial charge < -0.3 is 148 Å². The van der Waals surface area contributed by atoms with Gasteiger partial charge in [0.25, 0.3) is 0 Å². The Morgan fingerprint density at radius 1 is 0.612 bits per heavy atom. The summed E-state index contributed by atoms with van der Waals surface area (Å²) in [6.07, 6.45) is -28.0. The zero-order valence-electron chi connectivity index (χ0n) is 53.7. The molecule has 8 rings (SSSR count). The molecule has 6 aliphatic rings. The molecule has 2 aromatic rings. The van der Waals surface area contributed by atoms with E-state index in [0.29, 0.717) is 18.4 Å².